The summed E-state index contributed by atoms with van der Waals surface area (Å²) in [5.74, 6) is -1.02. The second kappa shape index (κ2) is 3.63. The van der Waals surface area contributed by atoms with Crippen LogP contribution in [0.3, 0.4) is 0 Å². The summed E-state index contributed by atoms with van der Waals surface area (Å²) in [5.41, 5.74) is 0. The first-order valence-electron chi connectivity index (χ1n) is 3.34. The van der Waals surface area contributed by atoms with Crippen LogP contribution in [-0.2, 0) is 9.84 Å². The van der Waals surface area contributed by atoms with E-state index in [9.17, 15) is 13.2 Å². The molecule has 0 saturated heterocycles. The number of hydrogen-bond acceptors (Lipinski definition) is 4. The molecule has 0 aliphatic heterocycles. The molecule has 0 fully saturated rings. The quantitative estimate of drug-likeness (QED) is 0.773. The van der Waals surface area contributed by atoms with Crippen LogP contribution in [0.25, 0.3) is 0 Å². The molecule has 0 amide bonds. The number of carbonyl (C=O) groups is 1. The van der Waals surface area contributed by atoms with Crippen molar-refractivity contribution in [3.05, 3.63) is 22.6 Å². The van der Waals surface area contributed by atoms with Gasteiger partial charge in [0.15, 0.2) is 15.6 Å². The maximum absolute atomic E-state index is 11.2. The summed E-state index contributed by atoms with van der Waals surface area (Å²) in [6, 6.07) is 1.54. The van der Waals surface area contributed by atoms with E-state index in [2.05, 4.69) is 15.9 Å². The molecule has 0 atom stereocenters. The topological polar surface area (TPSA) is 64.3 Å². The molecule has 0 bridgehead atoms. The SMILES string of the molecule is CS(=O)(=O)CC(=O)c1occc1Br. The van der Waals surface area contributed by atoms with Crippen molar-refractivity contribution in [1.29, 1.82) is 0 Å². The minimum Gasteiger partial charge on any atom is -0.460 e. The van der Waals surface area contributed by atoms with Crippen molar-refractivity contribution in [3.8, 4) is 0 Å². The minimum atomic E-state index is -3.30. The Kier molecular flexibility index (Phi) is 2.92. The van der Waals surface area contributed by atoms with Gasteiger partial charge in [-0.05, 0) is 22.0 Å². The van der Waals surface area contributed by atoms with Crippen LogP contribution >= 0.6 is 15.9 Å². The van der Waals surface area contributed by atoms with E-state index in [1.165, 1.54) is 12.3 Å². The van der Waals surface area contributed by atoms with Crippen molar-refractivity contribution in [1.82, 2.24) is 0 Å². The molecule has 0 unspecified atom stereocenters. The smallest absolute Gasteiger partial charge is 0.214 e. The molecule has 1 aromatic rings. The molecule has 0 aromatic carbocycles. The number of hydrogen-bond donors (Lipinski definition) is 0. The van der Waals surface area contributed by atoms with Crippen LogP contribution in [0.5, 0.6) is 0 Å². The summed E-state index contributed by atoms with van der Waals surface area (Å²) >= 11 is 3.07. The van der Waals surface area contributed by atoms with Crippen LogP contribution in [0.2, 0.25) is 0 Å². The highest BCUT2D eigenvalue weighted by Gasteiger charge is 2.18. The van der Waals surface area contributed by atoms with Gasteiger partial charge in [-0.2, -0.15) is 0 Å². The Labute approximate surface area is 84.0 Å². The summed E-state index contributed by atoms with van der Waals surface area (Å²) in [4.78, 5) is 11.2. The Hall–Kier alpha value is -0.620. The highest BCUT2D eigenvalue weighted by atomic mass is 79.9. The molecule has 6 heteroatoms. The van der Waals surface area contributed by atoms with Crippen molar-refractivity contribution in [2.45, 2.75) is 0 Å². The van der Waals surface area contributed by atoms with Gasteiger partial charge in [0.05, 0.1) is 10.7 Å². The third-order valence-electron chi connectivity index (χ3n) is 1.26. The van der Waals surface area contributed by atoms with Gasteiger partial charge >= 0.3 is 0 Å². The van der Waals surface area contributed by atoms with Crippen LogP contribution in [0.1, 0.15) is 10.6 Å². The van der Waals surface area contributed by atoms with Crippen molar-refractivity contribution < 1.29 is 17.6 Å². The Bertz CT molecular complexity index is 417. The first kappa shape index (κ1) is 10.5. The molecule has 13 heavy (non-hydrogen) atoms. The highest BCUT2D eigenvalue weighted by Crippen LogP contribution is 2.18. The molecule has 0 aliphatic rings. The Morgan fingerprint density at radius 1 is 1.62 bits per heavy atom. The zero-order chi connectivity index (χ0) is 10.1. The average Bonchev–Trinajstić information content (AvgIpc) is 2.30. The minimum absolute atomic E-state index is 0.0467. The second-order valence-electron chi connectivity index (χ2n) is 2.59. The Morgan fingerprint density at radius 2 is 2.23 bits per heavy atom. The van der Waals surface area contributed by atoms with Crippen LogP contribution in [-0.4, -0.2) is 26.2 Å². The molecule has 0 radical (unpaired) electrons. The third-order valence-corrected chi connectivity index (χ3v) is 2.67. The number of halogens is 1. The van der Waals surface area contributed by atoms with Crippen LogP contribution in [0.15, 0.2) is 21.2 Å². The second-order valence-corrected chi connectivity index (χ2v) is 5.59. The normalized spacial score (nSPS) is 11.5. The Morgan fingerprint density at radius 3 is 2.62 bits per heavy atom. The summed E-state index contributed by atoms with van der Waals surface area (Å²) in [7, 11) is -3.30. The molecular formula is C7H7BrO4S. The number of rotatable bonds is 3. The zero-order valence-electron chi connectivity index (χ0n) is 6.78. The standard InChI is InChI=1S/C7H7BrO4S/c1-13(10,11)4-6(9)7-5(8)2-3-12-7/h2-3H,4H2,1H3. The molecule has 0 spiro atoms. The van der Waals surface area contributed by atoms with Crippen molar-refractivity contribution in [2.75, 3.05) is 12.0 Å². The molecular weight excluding hydrogens is 260 g/mol. The third kappa shape index (κ3) is 2.96. The summed E-state index contributed by atoms with van der Waals surface area (Å²) in [6.07, 6.45) is 2.32. The number of furan rings is 1. The van der Waals surface area contributed by atoms with Crippen molar-refractivity contribution in [3.63, 3.8) is 0 Å². The lowest BCUT2D eigenvalue weighted by molar-refractivity contribution is 0.0989. The summed E-state index contributed by atoms with van der Waals surface area (Å²) in [6.45, 7) is 0. The van der Waals surface area contributed by atoms with Gasteiger partial charge in [-0.1, -0.05) is 0 Å². The van der Waals surface area contributed by atoms with E-state index in [-0.39, 0.29) is 5.76 Å². The molecule has 1 rings (SSSR count). The predicted molar refractivity (Wildman–Crippen MR) is 50.4 cm³/mol. The number of Topliss-reactive ketones (excluding diaryl/α,β-unsaturated/α-hetero) is 1. The van der Waals surface area contributed by atoms with Crippen LogP contribution in [0.4, 0.5) is 0 Å². The summed E-state index contributed by atoms with van der Waals surface area (Å²) in [5, 5.41) is 0. The zero-order valence-corrected chi connectivity index (χ0v) is 9.18. The van der Waals surface area contributed by atoms with Gasteiger partial charge in [0.2, 0.25) is 5.78 Å². The van der Waals surface area contributed by atoms with E-state index in [0.29, 0.717) is 4.47 Å². The fraction of sp³-hybridized carbons (Fsp3) is 0.286. The van der Waals surface area contributed by atoms with E-state index in [1.807, 2.05) is 0 Å². The largest absolute Gasteiger partial charge is 0.460 e. The monoisotopic (exact) mass is 266 g/mol. The fourth-order valence-corrected chi connectivity index (χ4v) is 1.83. The molecule has 72 valence electrons. The van der Waals surface area contributed by atoms with E-state index >= 15 is 0 Å². The van der Waals surface area contributed by atoms with E-state index in [4.69, 9.17) is 4.42 Å². The van der Waals surface area contributed by atoms with Gasteiger partial charge in [0.25, 0.3) is 0 Å². The predicted octanol–water partition coefficient (Wildman–Crippen LogP) is 1.27. The molecule has 1 aromatic heterocycles. The van der Waals surface area contributed by atoms with E-state index < -0.39 is 21.4 Å². The van der Waals surface area contributed by atoms with Crippen molar-refractivity contribution >= 4 is 31.6 Å². The van der Waals surface area contributed by atoms with E-state index in [1.54, 1.807) is 0 Å². The molecule has 0 aliphatic carbocycles. The lowest BCUT2D eigenvalue weighted by atomic mass is 10.3. The van der Waals surface area contributed by atoms with Gasteiger partial charge in [-0.25, -0.2) is 8.42 Å². The Balaban J connectivity index is 2.88. The number of carbonyl (C=O) groups excluding carboxylic acids is 1. The van der Waals surface area contributed by atoms with Gasteiger partial charge in [-0.3, -0.25) is 4.79 Å². The summed E-state index contributed by atoms with van der Waals surface area (Å²) < 4.78 is 26.8. The lowest BCUT2D eigenvalue weighted by Crippen LogP contribution is -2.14. The van der Waals surface area contributed by atoms with Gasteiger partial charge in [0.1, 0.15) is 5.75 Å². The van der Waals surface area contributed by atoms with Gasteiger partial charge < -0.3 is 4.42 Å². The first-order chi connectivity index (χ1) is 5.90. The van der Waals surface area contributed by atoms with Crippen molar-refractivity contribution in [2.24, 2.45) is 0 Å². The van der Waals surface area contributed by atoms with E-state index in [0.717, 1.165) is 6.26 Å². The average molecular weight is 267 g/mol. The lowest BCUT2D eigenvalue weighted by Gasteiger charge is -1.95. The molecule has 1 heterocycles. The van der Waals surface area contributed by atoms with Gasteiger partial charge in [0, 0.05) is 6.26 Å². The van der Waals surface area contributed by atoms with Crippen LogP contribution < -0.4 is 0 Å². The number of ketones is 1. The van der Waals surface area contributed by atoms with Gasteiger partial charge in [-0.15, -0.1) is 0 Å². The maximum atomic E-state index is 11.2. The highest BCUT2D eigenvalue weighted by molar-refractivity contribution is 9.10. The first-order valence-corrected chi connectivity index (χ1v) is 6.19. The number of sulfone groups is 1. The maximum Gasteiger partial charge on any atom is 0.214 e. The molecule has 4 nitrogen and oxygen atoms in total. The molecule has 0 N–H and O–H groups in total. The molecule has 0 saturated carbocycles. The van der Waals surface area contributed by atoms with Crippen LogP contribution in [0, 0.1) is 0 Å². The fourth-order valence-electron chi connectivity index (χ4n) is 0.796.